The van der Waals surface area contributed by atoms with Crippen molar-refractivity contribution in [2.45, 2.75) is 12.6 Å². The molecule has 21 heavy (non-hydrogen) atoms. The summed E-state index contributed by atoms with van der Waals surface area (Å²) in [7, 11) is 0. The first-order valence-corrected chi connectivity index (χ1v) is 7.00. The molecule has 1 fully saturated rings. The van der Waals surface area contributed by atoms with Crippen LogP contribution in [-0.2, 0) is 11.3 Å². The van der Waals surface area contributed by atoms with E-state index in [-0.39, 0.29) is 11.9 Å². The predicted octanol–water partition coefficient (Wildman–Crippen LogP) is 2.70. The second-order valence-electron chi connectivity index (χ2n) is 5.06. The molecule has 0 spiro atoms. The Kier molecular flexibility index (Phi) is 4.13. The molecule has 1 unspecified atom stereocenters. The van der Waals surface area contributed by atoms with Gasteiger partial charge in [0.05, 0.1) is 24.9 Å². The van der Waals surface area contributed by atoms with Gasteiger partial charge in [0, 0.05) is 25.5 Å². The summed E-state index contributed by atoms with van der Waals surface area (Å²) in [6, 6.07) is 8.76. The van der Waals surface area contributed by atoms with E-state index >= 15 is 0 Å². The first-order chi connectivity index (χ1) is 10.3. The fourth-order valence-corrected chi connectivity index (χ4v) is 2.66. The molecule has 5 heteroatoms. The zero-order valence-corrected chi connectivity index (χ0v) is 11.8. The van der Waals surface area contributed by atoms with E-state index in [1.165, 1.54) is 12.1 Å². The number of hydrogen-bond donors (Lipinski definition) is 0. The van der Waals surface area contributed by atoms with Crippen LogP contribution in [0.5, 0.6) is 0 Å². The van der Waals surface area contributed by atoms with Crippen molar-refractivity contribution in [3.05, 3.63) is 60.2 Å². The number of halogens is 1. The van der Waals surface area contributed by atoms with Crippen LogP contribution in [0.15, 0.2) is 43.1 Å². The summed E-state index contributed by atoms with van der Waals surface area (Å²) in [5.74, 6) is -0.216. The molecular formula is C16H18FN3O. The topological polar surface area (TPSA) is 30.3 Å². The van der Waals surface area contributed by atoms with E-state index in [2.05, 4.69) is 16.6 Å². The van der Waals surface area contributed by atoms with Crippen molar-refractivity contribution >= 4 is 6.20 Å². The van der Waals surface area contributed by atoms with Gasteiger partial charge >= 0.3 is 0 Å². The lowest BCUT2D eigenvalue weighted by atomic mass is 10.0. The standard InChI is InChI=1S/C16H18FN3O/c1-2-20-15(7-8-18-20)11-19-9-10-21-12-16(19)13-3-5-14(17)6-4-13/h2-8,16H,1,9-12H2. The second kappa shape index (κ2) is 6.20. The van der Waals surface area contributed by atoms with Crippen LogP contribution in [0.25, 0.3) is 6.20 Å². The van der Waals surface area contributed by atoms with Crippen molar-refractivity contribution in [2.24, 2.45) is 0 Å². The highest BCUT2D eigenvalue weighted by atomic mass is 19.1. The lowest BCUT2D eigenvalue weighted by molar-refractivity contribution is -0.0135. The lowest BCUT2D eigenvalue weighted by Crippen LogP contribution is -2.39. The van der Waals surface area contributed by atoms with Gasteiger partial charge in [-0.05, 0) is 23.8 Å². The molecule has 0 N–H and O–H groups in total. The molecule has 3 rings (SSSR count). The number of rotatable bonds is 4. The van der Waals surface area contributed by atoms with Gasteiger partial charge in [0.2, 0.25) is 0 Å². The summed E-state index contributed by atoms with van der Waals surface area (Å²) in [5.41, 5.74) is 2.15. The molecule has 1 aliphatic heterocycles. The average molecular weight is 287 g/mol. The summed E-state index contributed by atoms with van der Waals surface area (Å²) in [6.45, 7) is 6.69. The number of aromatic nitrogens is 2. The van der Waals surface area contributed by atoms with Crippen molar-refractivity contribution in [1.29, 1.82) is 0 Å². The Balaban J connectivity index is 1.81. The van der Waals surface area contributed by atoms with Crippen LogP contribution in [-0.4, -0.2) is 34.4 Å². The molecule has 110 valence electrons. The minimum Gasteiger partial charge on any atom is -0.378 e. The first kappa shape index (κ1) is 14.0. The summed E-state index contributed by atoms with van der Waals surface area (Å²) in [5, 5.41) is 4.20. The molecule has 0 saturated carbocycles. The SMILES string of the molecule is C=Cn1nccc1CN1CCOCC1c1ccc(F)cc1. The quantitative estimate of drug-likeness (QED) is 0.866. The van der Waals surface area contributed by atoms with Crippen LogP contribution < -0.4 is 0 Å². The van der Waals surface area contributed by atoms with E-state index in [1.54, 1.807) is 17.1 Å². The summed E-state index contributed by atoms with van der Waals surface area (Å²) in [6.07, 6.45) is 3.47. The van der Waals surface area contributed by atoms with Crippen LogP contribution >= 0.6 is 0 Å². The van der Waals surface area contributed by atoms with E-state index < -0.39 is 0 Å². The molecule has 1 saturated heterocycles. The van der Waals surface area contributed by atoms with Gasteiger partial charge in [-0.15, -0.1) is 0 Å². The lowest BCUT2D eigenvalue weighted by Gasteiger charge is -2.35. The molecule has 1 aliphatic rings. The van der Waals surface area contributed by atoms with Crippen LogP contribution in [0.1, 0.15) is 17.3 Å². The van der Waals surface area contributed by atoms with E-state index in [1.807, 2.05) is 18.2 Å². The summed E-state index contributed by atoms with van der Waals surface area (Å²) >= 11 is 0. The van der Waals surface area contributed by atoms with Crippen LogP contribution in [0.3, 0.4) is 0 Å². The second-order valence-corrected chi connectivity index (χ2v) is 5.06. The Morgan fingerprint density at radius 2 is 2.14 bits per heavy atom. The van der Waals surface area contributed by atoms with Gasteiger partial charge in [0.15, 0.2) is 0 Å². The molecule has 2 heterocycles. The average Bonchev–Trinajstić information content (AvgIpc) is 2.96. The monoisotopic (exact) mass is 287 g/mol. The zero-order valence-electron chi connectivity index (χ0n) is 11.8. The number of ether oxygens (including phenoxy) is 1. The maximum Gasteiger partial charge on any atom is 0.123 e. The number of morpholine rings is 1. The Morgan fingerprint density at radius 3 is 2.90 bits per heavy atom. The Bertz CT molecular complexity index is 608. The largest absolute Gasteiger partial charge is 0.378 e. The van der Waals surface area contributed by atoms with Gasteiger partial charge in [-0.25, -0.2) is 9.07 Å². The number of benzene rings is 1. The van der Waals surface area contributed by atoms with Crippen LogP contribution in [0, 0.1) is 5.82 Å². The van der Waals surface area contributed by atoms with Crippen LogP contribution in [0.2, 0.25) is 0 Å². The molecule has 1 aromatic carbocycles. The predicted molar refractivity (Wildman–Crippen MR) is 79.0 cm³/mol. The zero-order chi connectivity index (χ0) is 14.7. The summed E-state index contributed by atoms with van der Waals surface area (Å²) in [4.78, 5) is 2.33. The third-order valence-corrected chi connectivity index (χ3v) is 3.78. The van der Waals surface area contributed by atoms with Crippen molar-refractivity contribution in [2.75, 3.05) is 19.8 Å². The Hall–Kier alpha value is -1.98. The molecule has 0 aliphatic carbocycles. The van der Waals surface area contributed by atoms with Gasteiger partial charge in [-0.2, -0.15) is 5.10 Å². The minimum absolute atomic E-state index is 0.132. The maximum absolute atomic E-state index is 13.1. The van der Waals surface area contributed by atoms with Gasteiger partial charge in [-0.1, -0.05) is 18.7 Å². The van der Waals surface area contributed by atoms with Crippen molar-refractivity contribution in [1.82, 2.24) is 14.7 Å². The van der Waals surface area contributed by atoms with E-state index in [4.69, 9.17) is 4.74 Å². The highest BCUT2D eigenvalue weighted by molar-refractivity contribution is 5.22. The number of hydrogen-bond acceptors (Lipinski definition) is 3. The molecule has 4 nitrogen and oxygen atoms in total. The fraction of sp³-hybridized carbons (Fsp3) is 0.312. The van der Waals surface area contributed by atoms with Crippen molar-refractivity contribution < 1.29 is 9.13 Å². The maximum atomic E-state index is 13.1. The third kappa shape index (κ3) is 3.04. The molecular weight excluding hydrogens is 269 g/mol. The van der Waals surface area contributed by atoms with E-state index in [9.17, 15) is 4.39 Å². The van der Waals surface area contributed by atoms with E-state index in [0.717, 1.165) is 24.3 Å². The van der Waals surface area contributed by atoms with Crippen molar-refractivity contribution in [3.8, 4) is 0 Å². The van der Waals surface area contributed by atoms with Gasteiger partial charge in [0.25, 0.3) is 0 Å². The molecule has 1 atom stereocenters. The Morgan fingerprint density at radius 1 is 1.33 bits per heavy atom. The van der Waals surface area contributed by atoms with E-state index in [0.29, 0.717) is 13.2 Å². The summed E-state index contributed by atoms with van der Waals surface area (Å²) < 4.78 is 20.5. The minimum atomic E-state index is -0.216. The van der Waals surface area contributed by atoms with Gasteiger partial charge < -0.3 is 4.74 Å². The molecule has 1 aromatic heterocycles. The molecule has 0 bridgehead atoms. The molecule has 0 amide bonds. The number of nitrogens with zero attached hydrogens (tertiary/aromatic N) is 3. The van der Waals surface area contributed by atoms with Crippen molar-refractivity contribution in [3.63, 3.8) is 0 Å². The molecule has 2 aromatic rings. The van der Waals surface area contributed by atoms with Crippen LogP contribution in [0.4, 0.5) is 4.39 Å². The molecule has 0 radical (unpaired) electrons. The third-order valence-electron chi connectivity index (χ3n) is 3.78. The highest BCUT2D eigenvalue weighted by Crippen LogP contribution is 2.26. The smallest absolute Gasteiger partial charge is 0.123 e. The highest BCUT2D eigenvalue weighted by Gasteiger charge is 2.25. The van der Waals surface area contributed by atoms with Gasteiger partial charge in [-0.3, -0.25) is 4.90 Å². The first-order valence-electron chi connectivity index (χ1n) is 7.00. The van der Waals surface area contributed by atoms with Gasteiger partial charge in [0.1, 0.15) is 5.82 Å². The Labute approximate surface area is 123 Å². The fourth-order valence-electron chi connectivity index (χ4n) is 2.66. The normalized spacial score (nSPS) is 19.6.